The Hall–Kier alpha value is -0.580. The average molecular weight is 249 g/mol. The van der Waals surface area contributed by atoms with E-state index >= 15 is 0 Å². The zero-order valence-corrected chi connectivity index (χ0v) is 9.89. The molecule has 0 bridgehead atoms. The first-order chi connectivity index (χ1) is 6.86. The number of halogens is 2. The molecule has 0 radical (unpaired) electrons. The van der Waals surface area contributed by atoms with Crippen molar-refractivity contribution in [1.82, 2.24) is 15.5 Å². The van der Waals surface area contributed by atoms with Crippen LogP contribution in [0.15, 0.2) is 12.1 Å². The van der Waals surface area contributed by atoms with E-state index in [1.54, 1.807) is 6.07 Å². The van der Waals surface area contributed by atoms with Crippen LogP contribution in [0.3, 0.4) is 0 Å². The highest BCUT2D eigenvalue weighted by Gasteiger charge is 2.10. The molecule has 1 aliphatic rings. The van der Waals surface area contributed by atoms with Gasteiger partial charge in [0, 0.05) is 19.6 Å². The first kappa shape index (κ1) is 12.5. The predicted octanol–water partition coefficient (Wildman–Crippen LogP) is 1.35. The molecular weight excluding hydrogens is 235 g/mol. The molecule has 2 heterocycles. The lowest BCUT2D eigenvalue weighted by Crippen LogP contribution is -2.28. The topological polar surface area (TPSA) is 41.0 Å². The first-order valence-corrected chi connectivity index (χ1v) is 5.19. The minimum Gasteiger partial charge on any atom is -0.354 e. The fourth-order valence-electron chi connectivity index (χ4n) is 1.55. The van der Waals surface area contributed by atoms with Crippen LogP contribution in [0.2, 0.25) is 5.15 Å². The monoisotopic (exact) mass is 248 g/mol. The van der Waals surface area contributed by atoms with E-state index in [1.807, 2.05) is 6.07 Å². The van der Waals surface area contributed by atoms with Gasteiger partial charge in [0.05, 0.1) is 0 Å². The molecule has 4 nitrogen and oxygen atoms in total. The summed E-state index contributed by atoms with van der Waals surface area (Å²) in [5, 5.41) is 11.7. The van der Waals surface area contributed by atoms with Gasteiger partial charge in [0.1, 0.15) is 0 Å². The maximum Gasteiger partial charge on any atom is 0.151 e. The molecule has 0 aliphatic carbocycles. The van der Waals surface area contributed by atoms with Crippen LogP contribution in [-0.4, -0.2) is 36.4 Å². The van der Waals surface area contributed by atoms with Crippen LogP contribution in [0.5, 0.6) is 0 Å². The van der Waals surface area contributed by atoms with Crippen molar-refractivity contribution in [2.24, 2.45) is 0 Å². The Morgan fingerprint density at radius 2 is 2.07 bits per heavy atom. The molecule has 1 aromatic rings. The van der Waals surface area contributed by atoms with E-state index in [0.717, 1.165) is 38.4 Å². The highest BCUT2D eigenvalue weighted by atomic mass is 35.5. The summed E-state index contributed by atoms with van der Waals surface area (Å²) in [5.74, 6) is 0.915. The Kier molecular flexibility index (Phi) is 5.08. The minimum absolute atomic E-state index is 0. The van der Waals surface area contributed by atoms with Gasteiger partial charge in [0.15, 0.2) is 11.0 Å². The fraction of sp³-hybridized carbons (Fsp3) is 0.556. The van der Waals surface area contributed by atoms with Crippen LogP contribution >= 0.6 is 24.0 Å². The maximum atomic E-state index is 5.68. The van der Waals surface area contributed by atoms with E-state index in [4.69, 9.17) is 11.6 Å². The van der Waals surface area contributed by atoms with Gasteiger partial charge in [-0.15, -0.1) is 22.6 Å². The van der Waals surface area contributed by atoms with Gasteiger partial charge in [0.2, 0.25) is 0 Å². The molecule has 0 atom stereocenters. The van der Waals surface area contributed by atoms with Crippen LogP contribution in [0.4, 0.5) is 5.82 Å². The van der Waals surface area contributed by atoms with E-state index in [1.165, 1.54) is 0 Å². The second-order valence-electron chi connectivity index (χ2n) is 3.30. The number of nitrogens with one attached hydrogen (secondary N) is 1. The summed E-state index contributed by atoms with van der Waals surface area (Å²) in [6.45, 7) is 4.10. The highest BCUT2D eigenvalue weighted by molar-refractivity contribution is 6.29. The number of anilines is 1. The number of nitrogens with zero attached hydrogens (tertiary/aromatic N) is 3. The van der Waals surface area contributed by atoms with Crippen molar-refractivity contribution in [3.63, 3.8) is 0 Å². The summed E-state index contributed by atoms with van der Waals surface area (Å²) in [6, 6.07) is 3.70. The lowest BCUT2D eigenvalue weighted by molar-refractivity contribution is 0.724. The number of rotatable bonds is 1. The molecule has 1 aromatic heterocycles. The quantitative estimate of drug-likeness (QED) is 0.815. The molecule has 0 unspecified atom stereocenters. The Morgan fingerprint density at radius 3 is 2.80 bits per heavy atom. The summed E-state index contributed by atoms with van der Waals surface area (Å²) in [5.41, 5.74) is 0. The number of hydrogen-bond acceptors (Lipinski definition) is 4. The molecule has 15 heavy (non-hydrogen) atoms. The molecule has 0 aromatic carbocycles. The van der Waals surface area contributed by atoms with Gasteiger partial charge in [0.25, 0.3) is 0 Å². The zero-order chi connectivity index (χ0) is 9.80. The normalized spacial score (nSPS) is 16.7. The summed E-state index contributed by atoms with van der Waals surface area (Å²) < 4.78 is 0. The molecule has 0 spiro atoms. The van der Waals surface area contributed by atoms with Crippen molar-refractivity contribution in [1.29, 1.82) is 0 Å². The van der Waals surface area contributed by atoms with Crippen LogP contribution in [0.25, 0.3) is 0 Å². The van der Waals surface area contributed by atoms with Gasteiger partial charge in [-0.05, 0) is 25.1 Å². The SMILES string of the molecule is Cl.Clc1ccc(N2CCCNCC2)nn1. The van der Waals surface area contributed by atoms with E-state index in [-0.39, 0.29) is 12.4 Å². The standard InChI is InChI=1S/C9H13ClN4.ClH/c10-8-2-3-9(13-12-8)14-6-1-4-11-5-7-14;/h2-3,11H,1,4-7H2;1H. The summed E-state index contributed by atoms with van der Waals surface area (Å²) in [6.07, 6.45) is 1.14. The van der Waals surface area contributed by atoms with E-state index < -0.39 is 0 Å². The molecular formula is C9H14Cl2N4. The molecule has 1 N–H and O–H groups in total. The molecule has 6 heteroatoms. The zero-order valence-electron chi connectivity index (χ0n) is 8.32. The molecule has 84 valence electrons. The van der Waals surface area contributed by atoms with Gasteiger partial charge in [-0.25, -0.2) is 0 Å². The van der Waals surface area contributed by atoms with Gasteiger partial charge in [-0.1, -0.05) is 11.6 Å². The maximum absolute atomic E-state index is 5.68. The number of hydrogen-bond donors (Lipinski definition) is 1. The third-order valence-electron chi connectivity index (χ3n) is 2.28. The van der Waals surface area contributed by atoms with Crippen molar-refractivity contribution in [2.75, 3.05) is 31.1 Å². The van der Waals surface area contributed by atoms with Crippen molar-refractivity contribution < 1.29 is 0 Å². The van der Waals surface area contributed by atoms with Crippen molar-refractivity contribution in [3.8, 4) is 0 Å². The van der Waals surface area contributed by atoms with Crippen LogP contribution in [0, 0.1) is 0 Å². The van der Waals surface area contributed by atoms with E-state index in [2.05, 4.69) is 20.4 Å². The van der Waals surface area contributed by atoms with Gasteiger partial charge < -0.3 is 10.2 Å². The van der Waals surface area contributed by atoms with Crippen LogP contribution in [-0.2, 0) is 0 Å². The first-order valence-electron chi connectivity index (χ1n) is 4.81. The Morgan fingerprint density at radius 1 is 1.20 bits per heavy atom. The Bertz CT molecular complexity index is 283. The smallest absolute Gasteiger partial charge is 0.151 e. The molecule has 1 fully saturated rings. The van der Waals surface area contributed by atoms with Gasteiger partial charge >= 0.3 is 0 Å². The minimum atomic E-state index is 0. The van der Waals surface area contributed by atoms with Crippen molar-refractivity contribution in [3.05, 3.63) is 17.3 Å². The van der Waals surface area contributed by atoms with Crippen molar-refractivity contribution >= 4 is 29.8 Å². The fourth-order valence-corrected chi connectivity index (χ4v) is 1.65. The number of aromatic nitrogens is 2. The Labute approximate surface area is 100 Å². The predicted molar refractivity (Wildman–Crippen MR) is 64.0 cm³/mol. The van der Waals surface area contributed by atoms with E-state index in [0.29, 0.717) is 5.15 Å². The molecule has 2 rings (SSSR count). The lowest BCUT2D eigenvalue weighted by atomic mass is 10.4. The third-order valence-corrected chi connectivity index (χ3v) is 2.48. The summed E-state index contributed by atoms with van der Waals surface area (Å²) >= 11 is 5.68. The molecule has 1 saturated heterocycles. The van der Waals surface area contributed by atoms with Crippen molar-refractivity contribution in [2.45, 2.75) is 6.42 Å². The van der Waals surface area contributed by atoms with Crippen LogP contribution in [0.1, 0.15) is 6.42 Å². The van der Waals surface area contributed by atoms with Gasteiger partial charge in [-0.2, -0.15) is 0 Å². The molecule has 1 aliphatic heterocycles. The average Bonchev–Trinajstić information content (AvgIpc) is 2.47. The highest BCUT2D eigenvalue weighted by Crippen LogP contribution is 2.12. The largest absolute Gasteiger partial charge is 0.354 e. The summed E-state index contributed by atoms with van der Waals surface area (Å²) in [4.78, 5) is 2.23. The second kappa shape index (κ2) is 6.10. The molecule has 0 amide bonds. The molecule has 0 saturated carbocycles. The summed E-state index contributed by atoms with van der Waals surface area (Å²) in [7, 11) is 0. The Balaban J connectivity index is 0.00000112. The van der Waals surface area contributed by atoms with E-state index in [9.17, 15) is 0 Å². The van der Waals surface area contributed by atoms with Gasteiger partial charge in [-0.3, -0.25) is 0 Å². The third kappa shape index (κ3) is 3.48. The second-order valence-corrected chi connectivity index (χ2v) is 3.69. The lowest BCUT2D eigenvalue weighted by Gasteiger charge is -2.19. The van der Waals surface area contributed by atoms with Crippen LogP contribution < -0.4 is 10.2 Å².